The van der Waals surface area contributed by atoms with Gasteiger partial charge in [0, 0.05) is 5.92 Å². The number of aldehydes is 1. The maximum atomic E-state index is 10.7. The number of rotatable bonds is 6. The summed E-state index contributed by atoms with van der Waals surface area (Å²) in [6, 6.07) is 0. The molecule has 1 aliphatic rings. The van der Waals surface area contributed by atoms with E-state index in [4.69, 9.17) is 5.21 Å². The number of amides is 1. The van der Waals surface area contributed by atoms with Crippen LogP contribution in [0.15, 0.2) is 0 Å². The highest BCUT2D eigenvalue weighted by Gasteiger charge is 2.20. The fraction of sp³-hybridized carbons (Fsp3) is 0.800. The van der Waals surface area contributed by atoms with Crippen LogP contribution in [0.3, 0.4) is 0 Å². The van der Waals surface area contributed by atoms with Crippen molar-refractivity contribution in [2.45, 2.75) is 32.1 Å². The second-order valence-electron chi connectivity index (χ2n) is 4.01. The molecule has 0 heterocycles. The zero-order valence-electron chi connectivity index (χ0n) is 8.26. The molecule has 1 atom stereocenters. The van der Waals surface area contributed by atoms with Gasteiger partial charge in [0.1, 0.15) is 6.29 Å². The Bertz CT molecular complexity index is 190. The van der Waals surface area contributed by atoms with Gasteiger partial charge in [0.15, 0.2) is 0 Å². The van der Waals surface area contributed by atoms with Crippen molar-refractivity contribution in [3.8, 4) is 0 Å². The van der Waals surface area contributed by atoms with E-state index in [0.717, 1.165) is 12.7 Å². The van der Waals surface area contributed by atoms with Gasteiger partial charge in [0.05, 0.1) is 6.54 Å². The van der Waals surface area contributed by atoms with Crippen molar-refractivity contribution in [2.75, 3.05) is 6.54 Å². The first-order valence-corrected chi connectivity index (χ1v) is 5.12. The van der Waals surface area contributed by atoms with E-state index in [1.807, 2.05) is 0 Å². The molecule has 0 saturated heterocycles. The zero-order chi connectivity index (χ0) is 10.4. The smallest absolute Gasteiger partial charge is 0.233 e. The molecule has 1 rings (SSSR count). The predicted molar refractivity (Wildman–Crippen MR) is 50.7 cm³/mol. The van der Waals surface area contributed by atoms with Crippen LogP contribution in [-0.2, 0) is 9.59 Å². The summed E-state index contributed by atoms with van der Waals surface area (Å²) in [4.78, 5) is 20.8. The third-order valence-corrected chi connectivity index (χ3v) is 2.85. The summed E-state index contributed by atoms with van der Waals surface area (Å²) < 4.78 is 0. The van der Waals surface area contributed by atoms with E-state index < -0.39 is 0 Å². The quantitative estimate of drug-likeness (QED) is 0.397. The van der Waals surface area contributed by atoms with Crippen LogP contribution >= 0.6 is 0 Å². The van der Waals surface area contributed by atoms with E-state index in [0.29, 0.717) is 17.4 Å². The number of carbonyl (C=O) groups excluding carboxylic acids is 2. The number of hydrogen-bond donors (Lipinski definition) is 1. The van der Waals surface area contributed by atoms with Gasteiger partial charge in [-0.2, -0.15) is 0 Å². The Morgan fingerprint density at radius 1 is 1.36 bits per heavy atom. The van der Waals surface area contributed by atoms with E-state index in [9.17, 15) is 9.59 Å². The summed E-state index contributed by atoms with van der Waals surface area (Å²) in [6.07, 6.45) is 6.82. The molecule has 4 heteroatoms. The van der Waals surface area contributed by atoms with Crippen molar-refractivity contribution in [1.82, 2.24) is 5.06 Å². The minimum atomic E-state index is -0.215. The lowest BCUT2D eigenvalue weighted by Crippen LogP contribution is -2.27. The highest BCUT2D eigenvalue weighted by molar-refractivity contribution is 5.55. The van der Waals surface area contributed by atoms with Gasteiger partial charge < -0.3 is 4.79 Å². The topological polar surface area (TPSA) is 57.6 Å². The predicted octanol–water partition coefficient (Wildman–Crippen LogP) is 1.23. The summed E-state index contributed by atoms with van der Waals surface area (Å²) in [5.74, 6) is 0.388. The number of nitrogens with zero attached hydrogens (tertiary/aromatic N) is 1. The monoisotopic (exact) mass is 199 g/mol. The van der Waals surface area contributed by atoms with Crippen LogP contribution in [0.5, 0.6) is 0 Å². The first kappa shape index (κ1) is 11.2. The van der Waals surface area contributed by atoms with Gasteiger partial charge >= 0.3 is 0 Å². The first-order valence-electron chi connectivity index (χ1n) is 5.12. The van der Waals surface area contributed by atoms with Crippen molar-refractivity contribution >= 4 is 12.7 Å². The first-order chi connectivity index (χ1) is 6.76. The van der Waals surface area contributed by atoms with E-state index >= 15 is 0 Å². The molecule has 14 heavy (non-hydrogen) atoms. The van der Waals surface area contributed by atoms with Crippen LogP contribution in [0, 0.1) is 11.8 Å². The molecule has 0 unspecified atom stereocenters. The maximum absolute atomic E-state index is 10.7. The summed E-state index contributed by atoms with van der Waals surface area (Å²) >= 11 is 0. The van der Waals surface area contributed by atoms with Crippen molar-refractivity contribution in [2.24, 2.45) is 11.8 Å². The molecule has 1 N–H and O–H groups in total. The largest absolute Gasteiger partial charge is 0.303 e. The molecule has 0 aromatic heterocycles. The minimum absolute atomic E-state index is 0.128. The molecule has 1 amide bonds. The summed E-state index contributed by atoms with van der Waals surface area (Å²) in [5, 5.41) is 9.49. The number of carbonyl (C=O) groups is 2. The Morgan fingerprint density at radius 3 is 2.50 bits per heavy atom. The standard InChI is InChI=1S/C10H17NO3/c12-7-10(6-11(14)8-13)5-9-3-1-2-4-9/h7-10,14H,1-6H2/t10-/m1/s1. The molecular formula is C10H17NO3. The molecule has 1 saturated carbocycles. The van der Waals surface area contributed by atoms with E-state index in [1.165, 1.54) is 25.7 Å². The lowest BCUT2D eigenvalue weighted by atomic mass is 9.94. The summed E-state index contributed by atoms with van der Waals surface area (Å²) in [5.41, 5.74) is 0. The Hall–Kier alpha value is -0.900. The highest BCUT2D eigenvalue weighted by atomic mass is 16.5. The Kier molecular flexibility index (Phi) is 4.59. The Balaban J connectivity index is 2.29. The highest BCUT2D eigenvalue weighted by Crippen LogP contribution is 2.29. The van der Waals surface area contributed by atoms with Gasteiger partial charge in [-0.3, -0.25) is 10.0 Å². The molecular weight excluding hydrogens is 182 g/mol. The fourth-order valence-corrected chi connectivity index (χ4v) is 2.13. The van der Waals surface area contributed by atoms with Gasteiger partial charge in [0.25, 0.3) is 0 Å². The second-order valence-corrected chi connectivity index (χ2v) is 4.01. The van der Waals surface area contributed by atoms with Crippen LogP contribution in [0.25, 0.3) is 0 Å². The van der Waals surface area contributed by atoms with Crippen LogP contribution in [0.2, 0.25) is 0 Å². The molecule has 4 nitrogen and oxygen atoms in total. The lowest BCUT2D eigenvalue weighted by molar-refractivity contribution is -0.153. The summed E-state index contributed by atoms with van der Waals surface area (Å²) in [6.45, 7) is 0.128. The SMILES string of the molecule is O=C[C@H](CC1CCCC1)CN(O)C=O. The van der Waals surface area contributed by atoms with Gasteiger partial charge in [-0.15, -0.1) is 0 Å². The van der Waals surface area contributed by atoms with Gasteiger partial charge in [-0.05, 0) is 12.3 Å². The van der Waals surface area contributed by atoms with E-state index in [1.54, 1.807) is 0 Å². The van der Waals surface area contributed by atoms with Crippen molar-refractivity contribution in [1.29, 1.82) is 0 Å². The molecule has 0 aliphatic heterocycles. The molecule has 80 valence electrons. The third-order valence-electron chi connectivity index (χ3n) is 2.85. The van der Waals surface area contributed by atoms with Gasteiger partial charge in [-0.25, -0.2) is 5.06 Å². The van der Waals surface area contributed by atoms with Gasteiger partial charge in [-0.1, -0.05) is 25.7 Å². The zero-order valence-corrected chi connectivity index (χ0v) is 8.26. The molecule has 0 radical (unpaired) electrons. The van der Waals surface area contributed by atoms with Crippen molar-refractivity contribution in [3.63, 3.8) is 0 Å². The fourth-order valence-electron chi connectivity index (χ4n) is 2.13. The number of hydroxylamine groups is 2. The van der Waals surface area contributed by atoms with Gasteiger partial charge in [0.2, 0.25) is 6.41 Å². The maximum Gasteiger partial charge on any atom is 0.233 e. The van der Waals surface area contributed by atoms with Crippen LogP contribution in [0.1, 0.15) is 32.1 Å². The van der Waals surface area contributed by atoms with E-state index in [-0.39, 0.29) is 12.5 Å². The molecule has 0 aromatic rings. The minimum Gasteiger partial charge on any atom is -0.303 e. The molecule has 1 fully saturated rings. The number of hydrogen-bond acceptors (Lipinski definition) is 3. The van der Waals surface area contributed by atoms with E-state index in [2.05, 4.69) is 0 Å². The third kappa shape index (κ3) is 3.46. The molecule has 1 aliphatic carbocycles. The molecule has 0 bridgehead atoms. The average molecular weight is 199 g/mol. The van der Waals surface area contributed by atoms with Crippen LogP contribution in [0.4, 0.5) is 0 Å². The Labute approximate surface area is 83.8 Å². The normalized spacial score (nSPS) is 19.2. The van der Waals surface area contributed by atoms with Crippen molar-refractivity contribution in [3.05, 3.63) is 0 Å². The second kappa shape index (κ2) is 5.75. The Morgan fingerprint density at radius 2 is 2.00 bits per heavy atom. The average Bonchev–Trinajstić information content (AvgIpc) is 2.69. The van der Waals surface area contributed by atoms with Crippen LogP contribution < -0.4 is 0 Å². The molecule has 0 aromatic carbocycles. The molecule has 0 spiro atoms. The lowest BCUT2D eigenvalue weighted by Gasteiger charge is -2.17. The summed E-state index contributed by atoms with van der Waals surface area (Å²) in [7, 11) is 0. The van der Waals surface area contributed by atoms with Crippen molar-refractivity contribution < 1.29 is 14.8 Å². The van der Waals surface area contributed by atoms with Crippen LogP contribution in [-0.4, -0.2) is 29.5 Å².